The lowest BCUT2D eigenvalue weighted by Gasteiger charge is -2.30. The summed E-state index contributed by atoms with van der Waals surface area (Å²) in [7, 11) is -3.59. The number of piperidine rings is 1. The van der Waals surface area contributed by atoms with Crippen molar-refractivity contribution >= 4 is 21.6 Å². The minimum Gasteiger partial charge on any atom is -0.273 e. The fourth-order valence-electron chi connectivity index (χ4n) is 3.00. The molecular formula is C19H22N4O3S. The summed E-state index contributed by atoms with van der Waals surface area (Å²) >= 11 is 0. The van der Waals surface area contributed by atoms with Crippen LogP contribution in [-0.4, -0.2) is 42.4 Å². The van der Waals surface area contributed by atoms with Gasteiger partial charge in [-0.25, -0.2) is 13.8 Å². The highest BCUT2D eigenvalue weighted by Gasteiger charge is 2.33. The van der Waals surface area contributed by atoms with Gasteiger partial charge in [-0.05, 0) is 44.0 Å². The number of pyridine rings is 1. The molecule has 7 nitrogen and oxygen atoms in total. The third kappa shape index (κ3) is 4.58. The minimum atomic E-state index is -3.59. The molecule has 3 rings (SSSR count). The van der Waals surface area contributed by atoms with Gasteiger partial charge in [0.05, 0.1) is 16.5 Å². The molecular weight excluding hydrogens is 364 g/mol. The Morgan fingerprint density at radius 3 is 2.59 bits per heavy atom. The second-order valence-electron chi connectivity index (χ2n) is 6.42. The lowest BCUT2D eigenvalue weighted by molar-refractivity contribution is -0.126. The van der Waals surface area contributed by atoms with E-state index in [2.05, 4.69) is 15.5 Å². The highest BCUT2D eigenvalue weighted by atomic mass is 32.2. The van der Waals surface area contributed by atoms with Gasteiger partial charge in [-0.1, -0.05) is 18.2 Å². The second kappa shape index (κ2) is 8.41. The third-order valence-electron chi connectivity index (χ3n) is 4.57. The van der Waals surface area contributed by atoms with Gasteiger partial charge in [-0.2, -0.15) is 9.41 Å². The Hall–Kier alpha value is -2.58. The van der Waals surface area contributed by atoms with Gasteiger partial charge in [-0.3, -0.25) is 9.78 Å². The summed E-state index contributed by atoms with van der Waals surface area (Å²) in [5.74, 6) is -0.692. The zero-order chi connectivity index (χ0) is 19.3. The van der Waals surface area contributed by atoms with Crippen molar-refractivity contribution in [3.8, 4) is 0 Å². The maximum Gasteiger partial charge on any atom is 0.244 e. The van der Waals surface area contributed by atoms with Gasteiger partial charge in [-0.15, -0.1) is 0 Å². The quantitative estimate of drug-likeness (QED) is 0.629. The molecule has 1 aromatic heterocycles. The molecule has 142 valence electrons. The van der Waals surface area contributed by atoms with Crippen LogP contribution in [0.5, 0.6) is 0 Å². The number of hydrazone groups is 1. The molecule has 2 heterocycles. The van der Waals surface area contributed by atoms with Crippen molar-refractivity contribution in [2.24, 2.45) is 11.0 Å². The molecule has 27 heavy (non-hydrogen) atoms. The number of nitrogens with one attached hydrogen (secondary N) is 1. The van der Waals surface area contributed by atoms with Gasteiger partial charge in [0.1, 0.15) is 0 Å². The standard InChI is InChI=1S/C19H22N4O3S/c1-15(16-9-11-20-12-10-16)21-22-19(24)17-6-5-13-23(14-17)27(25,26)18-7-3-2-4-8-18/h2-4,7-12,17H,5-6,13-14H2,1H3,(H,22,24)/b21-15-/t17-/m1/s1. The van der Waals surface area contributed by atoms with Crippen LogP contribution >= 0.6 is 0 Å². The maximum atomic E-state index is 12.8. The zero-order valence-electron chi connectivity index (χ0n) is 15.1. The molecule has 8 heteroatoms. The number of aromatic nitrogens is 1. The molecule has 0 spiro atoms. The first kappa shape index (κ1) is 19.2. The van der Waals surface area contributed by atoms with Gasteiger partial charge in [0.2, 0.25) is 15.9 Å². The van der Waals surface area contributed by atoms with Crippen LogP contribution in [0.15, 0.2) is 64.9 Å². The van der Waals surface area contributed by atoms with E-state index in [0.717, 1.165) is 5.56 Å². The molecule has 0 radical (unpaired) electrons. The van der Waals surface area contributed by atoms with Gasteiger partial charge in [0.25, 0.3) is 0 Å². The minimum absolute atomic E-state index is 0.160. The number of hydrogen-bond donors (Lipinski definition) is 1. The van der Waals surface area contributed by atoms with Crippen LogP contribution < -0.4 is 5.43 Å². The van der Waals surface area contributed by atoms with Gasteiger partial charge in [0, 0.05) is 31.0 Å². The van der Waals surface area contributed by atoms with Crippen molar-refractivity contribution < 1.29 is 13.2 Å². The van der Waals surface area contributed by atoms with Crippen molar-refractivity contribution in [3.63, 3.8) is 0 Å². The molecule has 1 atom stereocenters. The largest absolute Gasteiger partial charge is 0.273 e. The molecule has 0 saturated carbocycles. The van der Waals surface area contributed by atoms with Gasteiger partial charge < -0.3 is 0 Å². The van der Waals surface area contributed by atoms with Crippen molar-refractivity contribution in [1.82, 2.24) is 14.7 Å². The Labute approximate surface area is 159 Å². The summed E-state index contributed by atoms with van der Waals surface area (Å²) in [5, 5.41) is 4.14. The zero-order valence-corrected chi connectivity index (χ0v) is 15.9. The number of carbonyl (C=O) groups excluding carboxylic acids is 1. The number of sulfonamides is 1. The van der Waals surface area contributed by atoms with Crippen molar-refractivity contribution in [1.29, 1.82) is 0 Å². The summed E-state index contributed by atoms with van der Waals surface area (Å²) in [6.07, 6.45) is 4.58. The van der Waals surface area contributed by atoms with E-state index in [1.54, 1.807) is 61.8 Å². The van der Waals surface area contributed by atoms with Gasteiger partial charge >= 0.3 is 0 Å². The fraction of sp³-hybridized carbons (Fsp3) is 0.316. The van der Waals surface area contributed by atoms with E-state index in [9.17, 15) is 13.2 Å². The van der Waals surface area contributed by atoms with Crippen molar-refractivity contribution in [2.75, 3.05) is 13.1 Å². The van der Waals surface area contributed by atoms with E-state index in [1.165, 1.54) is 4.31 Å². The van der Waals surface area contributed by atoms with E-state index in [-0.39, 0.29) is 17.3 Å². The number of amides is 1. The highest BCUT2D eigenvalue weighted by Crippen LogP contribution is 2.23. The SMILES string of the molecule is C/C(=N/NC(=O)[C@@H]1CCCN(S(=O)(=O)c2ccccc2)C1)c1ccncc1. The van der Waals surface area contributed by atoms with Crippen LogP contribution in [0.2, 0.25) is 0 Å². The van der Waals surface area contributed by atoms with E-state index in [4.69, 9.17) is 0 Å². The summed E-state index contributed by atoms with van der Waals surface area (Å²) in [5.41, 5.74) is 4.10. The lowest BCUT2D eigenvalue weighted by atomic mass is 9.99. The van der Waals surface area contributed by atoms with Gasteiger partial charge in [0.15, 0.2) is 0 Å². The first-order valence-corrected chi connectivity index (χ1v) is 10.2. The van der Waals surface area contributed by atoms with E-state index < -0.39 is 15.9 Å². The molecule has 1 amide bonds. The Balaban J connectivity index is 1.66. The number of benzene rings is 1. The smallest absolute Gasteiger partial charge is 0.244 e. The van der Waals surface area contributed by atoms with Crippen LogP contribution in [0.25, 0.3) is 0 Å². The summed E-state index contributed by atoms with van der Waals surface area (Å²) < 4.78 is 26.9. The van der Waals surface area contributed by atoms with Crippen LogP contribution in [0, 0.1) is 5.92 Å². The fourth-order valence-corrected chi connectivity index (χ4v) is 4.55. The lowest BCUT2D eigenvalue weighted by Crippen LogP contribution is -2.44. The molecule has 1 saturated heterocycles. The van der Waals surface area contributed by atoms with E-state index in [0.29, 0.717) is 25.1 Å². The average Bonchev–Trinajstić information content (AvgIpc) is 2.73. The molecule has 0 aliphatic carbocycles. The molecule has 1 N–H and O–H groups in total. The molecule has 0 bridgehead atoms. The van der Waals surface area contributed by atoms with Crippen molar-refractivity contribution in [2.45, 2.75) is 24.7 Å². The van der Waals surface area contributed by atoms with E-state index in [1.807, 2.05) is 0 Å². The molecule has 2 aromatic rings. The molecule has 1 aliphatic heterocycles. The normalized spacial score (nSPS) is 18.9. The third-order valence-corrected chi connectivity index (χ3v) is 6.45. The monoisotopic (exact) mass is 386 g/mol. The molecule has 1 aromatic carbocycles. The number of hydrogen-bond acceptors (Lipinski definition) is 5. The second-order valence-corrected chi connectivity index (χ2v) is 8.36. The van der Waals surface area contributed by atoms with Crippen molar-refractivity contribution in [3.05, 3.63) is 60.4 Å². The Kier molecular flexibility index (Phi) is 5.98. The molecule has 0 unspecified atom stereocenters. The van der Waals surface area contributed by atoms with Crippen LogP contribution in [0.1, 0.15) is 25.3 Å². The average molecular weight is 386 g/mol. The first-order chi connectivity index (χ1) is 13.0. The van der Waals surface area contributed by atoms with E-state index >= 15 is 0 Å². The predicted octanol–water partition coefficient (Wildman–Crippen LogP) is 2.02. The summed E-state index contributed by atoms with van der Waals surface area (Å²) in [6, 6.07) is 11.9. The van der Waals surface area contributed by atoms with Crippen LogP contribution in [0.3, 0.4) is 0 Å². The Morgan fingerprint density at radius 2 is 1.89 bits per heavy atom. The summed E-state index contributed by atoms with van der Waals surface area (Å²) in [4.78, 5) is 16.7. The molecule has 1 fully saturated rings. The first-order valence-electron chi connectivity index (χ1n) is 8.78. The maximum absolute atomic E-state index is 12.8. The summed E-state index contributed by atoms with van der Waals surface area (Å²) in [6.45, 7) is 2.37. The Bertz CT molecular complexity index is 914. The van der Waals surface area contributed by atoms with Crippen LogP contribution in [0.4, 0.5) is 0 Å². The van der Waals surface area contributed by atoms with Crippen LogP contribution in [-0.2, 0) is 14.8 Å². The number of rotatable bonds is 5. The molecule has 1 aliphatic rings. The number of carbonyl (C=O) groups is 1. The Morgan fingerprint density at radius 1 is 1.19 bits per heavy atom. The topological polar surface area (TPSA) is 91.7 Å². The predicted molar refractivity (Wildman–Crippen MR) is 103 cm³/mol. The number of nitrogens with zero attached hydrogens (tertiary/aromatic N) is 3. The highest BCUT2D eigenvalue weighted by molar-refractivity contribution is 7.89.